The molecule has 1 N–H and O–H groups in total. The van der Waals surface area contributed by atoms with Gasteiger partial charge < -0.3 is 9.72 Å². The van der Waals surface area contributed by atoms with Crippen molar-refractivity contribution in [1.29, 1.82) is 0 Å². The Labute approximate surface area is 91.0 Å². The van der Waals surface area contributed by atoms with Crippen molar-refractivity contribution in [3.05, 3.63) is 17.2 Å². The monoisotopic (exact) mass is 234 g/mol. The number of hydrogen-bond donors (Lipinski definition) is 1. The van der Waals surface area contributed by atoms with Gasteiger partial charge in [-0.25, -0.2) is 4.98 Å². The molecule has 1 aliphatic carbocycles. The lowest BCUT2D eigenvalue weighted by Gasteiger charge is -2.07. The Bertz CT molecular complexity index is 336. The largest absolute Gasteiger partial charge is 0.411 e. The van der Waals surface area contributed by atoms with E-state index in [0.717, 1.165) is 37.1 Å². The highest BCUT2D eigenvalue weighted by molar-refractivity contribution is 5.17. The van der Waals surface area contributed by atoms with Crippen LogP contribution in [-0.4, -0.2) is 22.8 Å². The highest BCUT2D eigenvalue weighted by Gasteiger charge is 2.27. The van der Waals surface area contributed by atoms with Crippen LogP contribution in [0.25, 0.3) is 0 Å². The molecule has 0 saturated heterocycles. The Morgan fingerprint density at radius 2 is 2.00 bits per heavy atom. The first kappa shape index (κ1) is 11.4. The molecule has 0 atom stereocenters. The summed E-state index contributed by atoms with van der Waals surface area (Å²) in [6.07, 6.45) is -0.225. The summed E-state index contributed by atoms with van der Waals surface area (Å²) in [5, 5.41) is 0. The van der Waals surface area contributed by atoms with Gasteiger partial charge in [-0.15, -0.1) is 0 Å². The minimum atomic E-state index is -4.27. The van der Waals surface area contributed by atoms with Crippen molar-refractivity contribution in [2.75, 3.05) is 6.61 Å². The number of alkyl halides is 3. The van der Waals surface area contributed by atoms with Crippen molar-refractivity contribution in [1.82, 2.24) is 9.97 Å². The number of imidazole rings is 1. The van der Waals surface area contributed by atoms with E-state index in [0.29, 0.717) is 5.82 Å². The smallest absolute Gasteiger partial charge is 0.364 e. The zero-order valence-corrected chi connectivity index (χ0v) is 8.73. The number of aromatic nitrogens is 2. The lowest BCUT2D eigenvalue weighted by Crippen LogP contribution is -2.17. The third-order valence-corrected chi connectivity index (χ3v) is 2.51. The first-order chi connectivity index (χ1) is 7.54. The first-order valence-corrected chi connectivity index (χ1v) is 5.26. The van der Waals surface area contributed by atoms with Gasteiger partial charge in [0.2, 0.25) is 0 Å². The SMILES string of the molecule is FC(F)(F)COCc1nc2c([nH]1)CCCC2. The Hall–Kier alpha value is -1.04. The maximum Gasteiger partial charge on any atom is 0.411 e. The number of hydrogen-bond acceptors (Lipinski definition) is 2. The number of H-pyrrole nitrogens is 1. The molecule has 0 aromatic carbocycles. The summed E-state index contributed by atoms with van der Waals surface area (Å²) in [6.45, 7) is -1.33. The van der Waals surface area contributed by atoms with Crippen LogP contribution in [0.4, 0.5) is 13.2 Å². The molecular weight excluding hydrogens is 221 g/mol. The lowest BCUT2D eigenvalue weighted by molar-refractivity contribution is -0.177. The minimum absolute atomic E-state index is 0.105. The Morgan fingerprint density at radius 1 is 1.25 bits per heavy atom. The molecule has 0 aliphatic heterocycles. The minimum Gasteiger partial charge on any atom is -0.364 e. The fourth-order valence-corrected chi connectivity index (χ4v) is 1.84. The summed E-state index contributed by atoms with van der Waals surface area (Å²) in [6, 6.07) is 0. The van der Waals surface area contributed by atoms with Crippen LogP contribution in [0.5, 0.6) is 0 Å². The molecule has 0 fully saturated rings. The predicted molar refractivity (Wildman–Crippen MR) is 50.9 cm³/mol. The van der Waals surface area contributed by atoms with Crippen molar-refractivity contribution in [2.45, 2.75) is 38.5 Å². The van der Waals surface area contributed by atoms with E-state index in [1.54, 1.807) is 0 Å². The molecule has 6 heteroatoms. The van der Waals surface area contributed by atoms with Crippen LogP contribution in [0.3, 0.4) is 0 Å². The number of rotatable bonds is 3. The number of halogens is 3. The lowest BCUT2D eigenvalue weighted by atomic mass is 10.0. The third-order valence-electron chi connectivity index (χ3n) is 2.51. The van der Waals surface area contributed by atoms with Gasteiger partial charge in [0.05, 0.1) is 5.69 Å². The molecule has 0 radical (unpaired) electrons. The molecule has 0 unspecified atom stereocenters. The van der Waals surface area contributed by atoms with Gasteiger partial charge in [-0.3, -0.25) is 0 Å². The summed E-state index contributed by atoms with van der Waals surface area (Å²) < 4.78 is 40.0. The summed E-state index contributed by atoms with van der Waals surface area (Å²) >= 11 is 0. The van der Waals surface area contributed by atoms with Crippen LogP contribution < -0.4 is 0 Å². The normalized spacial score (nSPS) is 16.2. The number of fused-ring (bicyclic) bond motifs is 1. The maximum atomic E-state index is 11.8. The van der Waals surface area contributed by atoms with Gasteiger partial charge in [0.25, 0.3) is 0 Å². The van der Waals surface area contributed by atoms with Crippen LogP contribution >= 0.6 is 0 Å². The van der Waals surface area contributed by atoms with Crippen LogP contribution in [0.15, 0.2) is 0 Å². The maximum absolute atomic E-state index is 11.8. The standard InChI is InChI=1S/C10H13F3N2O/c11-10(12,13)6-16-5-9-14-7-3-1-2-4-8(7)15-9/h1-6H2,(H,14,15). The number of aryl methyl sites for hydroxylation is 2. The van der Waals surface area contributed by atoms with Gasteiger partial charge in [0, 0.05) is 5.69 Å². The quantitative estimate of drug-likeness (QED) is 0.871. The van der Waals surface area contributed by atoms with E-state index in [2.05, 4.69) is 14.7 Å². The Kier molecular flexibility index (Phi) is 3.18. The van der Waals surface area contributed by atoms with Crippen molar-refractivity contribution < 1.29 is 17.9 Å². The molecule has 16 heavy (non-hydrogen) atoms. The van der Waals surface area contributed by atoms with Gasteiger partial charge >= 0.3 is 6.18 Å². The van der Waals surface area contributed by atoms with Crippen LogP contribution in [0, 0.1) is 0 Å². The van der Waals surface area contributed by atoms with Crippen LogP contribution in [0.1, 0.15) is 30.1 Å². The van der Waals surface area contributed by atoms with Crippen LogP contribution in [0.2, 0.25) is 0 Å². The summed E-state index contributed by atoms with van der Waals surface area (Å²) in [7, 11) is 0. The number of nitrogens with one attached hydrogen (secondary N) is 1. The third kappa shape index (κ3) is 2.98. The van der Waals surface area contributed by atoms with Crippen molar-refractivity contribution in [3.63, 3.8) is 0 Å². The molecule has 0 amide bonds. The number of aromatic amines is 1. The average molecular weight is 234 g/mol. The zero-order chi connectivity index (χ0) is 11.6. The van der Waals surface area contributed by atoms with E-state index in [1.807, 2.05) is 0 Å². The van der Waals surface area contributed by atoms with Gasteiger partial charge in [-0.05, 0) is 25.7 Å². The fourth-order valence-electron chi connectivity index (χ4n) is 1.84. The molecule has 90 valence electrons. The van der Waals surface area contributed by atoms with E-state index < -0.39 is 12.8 Å². The summed E-state index contributed by atoms with van der Waals surface area (Å²) in [5.74, 6) is 0.496. The average Bonchev–Trinajstić information content (AvgIpc) is 2.57. The molecule has 1 aliphatic rings. The molecule has 2 rings (SSSR count). The molecular formula is C10H13F3N2O. The highest BCUT2D eigenvalue weighted by atomic mass is 19.4. The van der Waals surface area contributed by atoms with E-state index in [9.17, 15) is 13.2 Å². The van der Waals surface area contributed by atoms with Crippen molar-refractivity contribution in [3.8, 4) is 0 Å². The predicted octanol–water partition coefficient (Wildman–Crippen LogP) is 2.37. The van der Waals surface area contributed by atoms with E-state index in [4.69, 9.17) is 0 Å². The topological polar surface area (TPSA) is 37.9 Å². The van der Waals surface area contributed by atoms with Crippen LogP contribution in [-0.2, 0) is 24.2 Å². The molecule has 3 nitrogen and oxygen atoms in total. The zero-order valence-electron chi connectivity index (χ0n) is 8.73. The fraction of sp³-hybridized carbons (Fsp3) is 0.700. The van der Waals surface area contributed by atoms with Crippen molar-refractivity contribution in [2.24, 2.45) is 0 Å². The number of ether oxygens (including phenoxy) is 1. The molecule has 0 spiro atoms. The van der Waals surface area contributed by atoms with Gasteiger partial charge in [-0.1, -0.05) is 0 Å². The molecule has 1 heterocycles. The summed E-state index contributed by atoms with van der Waals surface area (Å²) in [5.41, 5.74) is 2.04. The second kappa shape index (κ2) is 4.45. The molecule has 0 bridgehead atoms. The Morgan fingerprint density at radius 3 is 2.69 bits per heavy atom. The van der Waals surface area contributed by atoms with E-state index in [-0.39, 0.29) is 6.61 Å². The molecule has 1 aromatic rings. The van der Waals surface area contributed by atoms with Gasteiger partial charge in [0.1, 0.15) is 19.0 Å². The summed E-state index contributed by atoms with van der Waals surface area (Å²) in [4.78, 5) is 7.24. The first-order valence-electron chi connectivity index (χ1n) is 5.26. The Balaban J connectivity index is 1.88. The number of nitrogens with zero attached hydrogens (tertiary/aromatic N) is 1. The molecule has 0 saturated carbocycles. The van der Waals surface area contributed by atoms with E-state index in [1.165, 1.54) is 0 Å². The van der Waals surface area contributed by atoms with Crippen molar-refractivity contribution >= 4 is 0 Å². The second-order valence-electron chi connectivity index (χ2n) is 3.92. The highest BCUT2D eigenvalue weighted by Crippen LogP contribution is 2.19. The van der Waals surface area contributed by atoms with E-state index >= 15 is 0 Å². The van der Waals surface area contributed by atoms with Gasteiger partial charge in [-0.2, -0.15) is 13.2 Å². The van der Waals surface area contributed by atoms with Gasteiger partial charge in [0.15, 0.2) is 0 Å². The second-order valence-corrected chi connectivity index (χ2v) is 3.92. The molecule has 1 aromatic heterocycles.